The topological polar surface area (TPSA) is 42.1 Å². The highest BCUT2D eigenvalue weighted by Gasteiger charge is 2.22. The van der Waals surface area contributed by atoms with E-state index >= 15 is 0 Å². The molecule has 0 amide bonds. The minimum Gasteiger partial charge on any atom is -0.383 e. The first-order valence-electron chi connectivity index (χ1n) is 6.35. The summed E-state index contributed by atoms with van der Waals surface area (Å²) >= 11 is 0. The number of anilines is 1. The van der Waals surface area contributed by atoms with Crippen LogP contribution in [0.5, 0.6) is 0 Å². The van der Waals surface area contributed by atoms with Crippen molar-refractivity contribution < 1.29 is 4.39 Å². The van der Waals surface area contributed by atoms with E-state index < -0.39 is 6.17 Å². The van der Waals surface area contributed by atoms with Crippen molar-refractivity contribution in [1.29, 1.82) is 0 Å². The summed E-state index contributed by atoms with van der Waals surface area (Å²) in [5.74, 6) is 0.590. The maximum absolute atomic E-state index is 13.1. The first-order valence-corrected chi connectivity index (χ1v) is 6.35. The number of aromatic nitrogens is 1. The first-order chi connectivity index (χ1) is 8.56. The number of hydrogen-bond donors (Lipinski definition) is 1. The summed E-state index contributed by atoms with van der Waals surface area (Å²) in [7, 11) is 0. The fraction of sp³-hybridized carbons (Fsp3) is 0.500. The number of allylic oxidation sites excluding steroid dienone is 1. The standard InChI is InChI=1S/C14H20FN3/c1-10-3-5-12(14(16)17-10)6-4-11(2)18-8-7-13(15)9-18/h3,5,13H,2,4,6-9H2,1H3,(H2,16,17). The largest absolute Gasteiger partial charge is 0.383 e. The number of halogens is 1. The predicted octanol–water partition coefficient (Wildman–Crippen LogP) is 2.46. The lowest BCUT2D eigenvalue weighted by molar-refractivity contribution is 0.320. The fourth-order valence-corrected chi connectivity index (χ4v) is 2.26. The summed E-state index contributed by atoms with van der Waals surface area (Å²) in [6, 6.07) is 3.97. The summed E-state index contributed by atoms with van der Waals surface area (Å²) in [4.78, 5) is 6.27. The monoisotopic (exact) mass is 249 g/mol. The van der Waals surface area contributed by atoms with Gasteiger partial charge in [0, 0.05) is 24.5 Å². The average Bonchev–Trinajstić information content (AvgIpc) is 2.74. The van der Waals surface area contributed by atoms with E-state index in [1.54, 1.807) is 0 Å². The Morgan fingerprint density at radius 1 is 1.61 bits per heavy atom. The molecule has 4 heteroatoms. The van der Waals surface area contributed by atoms with Gasteiger partial charge in [0.15, 0.2) is 0 Å². The average molecular weight is 249 g/mol. The van der Waals surface area contributed by atoms with Crippen LogP contribution in [0.4, 0.5) is 10.2 Å². The van der Waals surface area contributed by atoms with Crippen molar-refractivity contribution >= 4 is 5.82 Å². The van der Waals surface area contributed by atoms with E-state index in [1.165, 1.54) is 0 Å². The summed E-state index contributed by atoms with van der Waals surface area (Å²) in [6.45, 7) is 7.22. The number of likely N-dealkylation sites (tertiary alicyclic amines) is 1. The lowest BCUT2D eigenvalue weighted by atomic mass is 10.1. The molecule has 1 atom stereocenters. The van der Waals surface area contributed by atoms with Gasteiger partial charge in [0.05, 0.1) is 0 Å². The van der Waals surface area contributed by atoms with Crippen LogP contribution in [-0.4, -0.2) is 29.1 Å². The van der Waals surface area contributed by atoms with Crippen LogP contribution in [0.25, 0.3) is 0 Å². The molecule has 0 saturated carbocycles. The first kappa shape index (κ1) is 12.9. The minimum atomic E-state index is -0.701. The van der Waals surface area contributed by atoms with Crippen molar-refractivity contribution in [1.82, 2.24) is 9.88 Å². The Hall–Kier alpha value is -1.58. The van der Waals surface area contributed by atoms with Crippen LogP contribution in [0.15, 0.2) is 24.4 Å². The normalized spacial score (nSPS) is 19.2. The molecule has 1 unspecified atom stereocenters. The number of nitrogens with two attached hydrogens (primary N) is 1. The van der Waals surface area contributed by atoms with Gasteiger partial charge in [-0.3, -0.25) is 0 Å². The second kappa shape index (κ2) is 5.38. The maximum Gasteiger partial charge on any atom is 0.126 e. The zero-order valence-corrected chi connectivity index (χ0v) is 10.8. The molecular formula is C14H20FN3. The molecule has 3 nitrogen and oxygen atoms in total. The molecule has 2 heterocycles. The molecule has 0 bridgehead atoms. The van der Waals surface area contributed by atoms with Gasteiger partial charge in [0.1, 0.15) is 12.0 Å². The van der Waals surface area contributed by atoms with Gasteiger partial charge in [-0.05, 0) is 37.8 Å². The molecule has 1 aliphatic rings. The number of alkyl halides is 1. The number of hydrogen-bond acceptors (Lipinski definition) is 3. The molecule has 18 heavy (non-hydrogen) atoms. The number of rotatable bonds is 4. The number of pyridine rings is 1. The van der Waals surface area contributed by atoms with Crippen molar-refractivity contribution in [2.45, 2.75) is 32.4 Å². The van der Waals surface area contributed by atoms with Gasteiger partial charge in [0.25, 0.3) is 0 Å². The van der Waals surface area contributed by atoms with Crippen LogP contribution < -0.4 is 5.73 Å². The van der Waals surface area contributed by atoms with Crippen molar-refractivity contribution in [3.05, 3.63) is 35.7 Å². The van der Waals surface area contributed by atoms with Crippen molar-refractivity contribution in [3.8, 4) is 0 Å². The third-order valence-electron chi connectivity index (χ3n) is 3.41. The zero-order chi connectivity index (χ0) is 13.1. The minimum absolute atomic E-state index is 0.487. The molecule has 98 valence electrons. The highest BCUT2D eigenvalue weighted by molar-refractivity contribution is 5.40. The number of aryl methyl sites for hydroxylation is 2. The zero-order valence-electron chi connectivity index (χ0n) is 10.8. The smallest absolute Gasteiger partial charge is 0.126 e. The Morgan fingerprint density at radius 2 is 2.39 bits per heavy atom. The molecule has 0 aliphatic carbocycles. The molecular weight excluding hydrogens is 229 g/mol. The van der Waals surface area contributed by atoms with Gasteiger partial charge in [0.2, 0.25) is 0 Å². The molecule has 0 radical (unpaired) electrons. The van der Waals surface area contributed by atoms with Crippen LogP contribution in [-0.2, 0) is 6.42 Å². The molecule has 2 N–H and O–H groups in total. The van der Waals surface area contributed by atoms with Crippen molar-refractivity contribution in [2.24, 2.45) is 0 Å². The quantitative estimate of drug-likeness (QED) is 0.891. The SMILES string of the molecule is C=C(CCc1ccc(C)nc1N)N1CCC(F)C1. The third-order valence-corrected chi connectivity index (χ3v) is 3.41. The molecule has 1 fully saturated rings. The Labute approximate surface area is 108 Å². The van der Waals surface area contributed by atoms with Crippen LogP contribution >= 0.6 is 0 Å². The molecule has 1 saturated heterocycles. The van der Waals surface area contributed by atoms with Gasteiger partial charge in [-0.25, -0.2) is 9.37 Å². The van der Waals surface area contributed by atoms with Crippen LogP contribution in [0, 0.1) is 6.92 Å². The number of nitrogen functional groups attached to an aromatic ring is 1. The Kier molecular flexibility index (Phi) is 3.84. The van der Waals surface area contributed by atoms with E-state index in [0.717, 1.165) is 36.3 Å². The Bertz CT molecular complexity index is 445. The fourth-order valence-electron chi connectivity index (χ4n) is 2.26. The molecule has 0 spiro atoms. The maximum atomic E-state index is 13.1. The molecule has 1 aromatic heterocycles. The van der Waals surface area contributed by atoms with Gasteiger partial charge < -0.3 is 10.6 Å². The Balaban J connectivity index is 1.89. The predicted molar refractivity (Wildman–Crippen MR) is 71.9 cm³/mol. The highest BCUT2D eigenvalue weighted by atomic mass is 19.1. The van der Waals surface area contributed by atoms with E-state index in [2.05, 4.69) is 11.6 Å². The van der Waals surface area contributed by atoms with E-state index in [1.807, 2.05) is 24.0 Å². The van der Waals surface area contributed by atoms with E-state index in [-0.39, 0.29) is 0 Å². The van der Waals surface area contributed by atoms with Crippen molar-refractivity contribution in [3.63, 3.8) is 0 Å². The third kappa shape index (κ3) is 3.00. The Morgan fingerprint density at radius 3 is 3.00 bits per heavy atom. The molecule has 1 aliphatic heterocycles. The van der Waals surface area contributed by atoms with Crippen LogP contribution in [0.2, 0.25) is 0 Å². The van der Waals surface area contributed by atoms with Crippen LogP contribution in [0.1, 0.15) is 24.1 Å². The summed E-state index contributed by atoms with van der Waals surface area (Å²) in [5.41, 5.74) is 8.83. The highest BCUT2D eigenvalue weighted by Crippen LogP contribution is 2.21. The van der Waals surface area contributed by atoms with E-state index in [4.69, 9.17) is 5.73 Å². The molecule has 1 aromatic rings. The summed E-state index contributed by atoms with van der Waals surface area (Å²) < 4.78 is 13.1. The molecule has 0 aromatic carbocycles. The van der Waals surface area contributed by atoms with Gasteiger partial charge in [-0.15, -0.1) is 0 Å². The van der Waals surface area contributed by atoms with Gasteiger partial charge in [-0.1, -0.05) is 12.6 Å². The molecule has 2 rings (SSSR count). The summed E-state index contributed by atoms with van der Waals surface area (Å²) in [5, 5.41) is 0. The lowest BCUT2D eigenvalue weighted by Gasteiger charge is -2.20. The second-order valence-electron chi connectivity index (χ2n) is 4.90. The summed E-state index contributed by atoms with van der Waals surface area (Å²) in [6.07, 6.45) is 1.54. The van der Waals surface area contributed by atoms with E-state index in [0.29, 0.717) is 18.8 Å². The van der Waals surface area contributed by atoms with Gasteiger partial charge >= 0.3 is 0 Å². The van der Waals surface area contributed by atoms with E-state index in [9.17, 15) is 4.39 Å². The van der Waals surface area contributed by atoms with Crippen LogP contribution in [0.3, 0.4) is 0 Å². The second-order valence-corrected chi connectivity index (χ2v) is 4.90. The number of nitrogens with zero attached hydrogens (tertiary/aromatic N) is 2. The lowest BCUT2D eigenvalue weighted by Crippen LogP contribution is -2.20. The van der Waals surface area contributed by atoms with Gasteiger partial charge in [-0.2, -0.15) is 0 Å². The van der Waals surface area contributed by atoms with Crippen molar-refractivity contribution in [2.75, 3.05) is 18.8 Å².